The molecule has 108 valence electrons. The normalized spacial score (nSPS) is 11.5. The highest BCUT2D eigenvalue weighted by molar-refractivity contribution is 6.07. The topological polar surface area (TPSA) is 30.7 Å². The summed E-state index contributed by atoms with van der Waals surface area (Å²) >= 11 is 0. The quantitative estimate of drug-likeness (QED) is 0.448. The highest BCUT2D eigenvalue weighted by Gasteiger charge is 2.13. The fourth-order valence-electron chi connectivity index (χ4n) is 3.21. The Labute approximate surface area is 132 Å². The van der Waals surface area contributed by atoms with Crippen LogP contribution < -0.4 is 0 Å². The zero-order valence-corrected chi connectivity index (χ0v) is 12.3. The molecule has 0 aliphatic carbocycles. The van der Waals surface area contributed by atoms with Gasteiger partial charge in [-0.3, -0.25) is 4.57 Å². The van der Waals surface area contributed by atoms with Gasteiger partial charge in [0, 0.05) is 22.4 Å². The average molecular weight is 295 g/mol. The number of aromatic nitrogens is 3. The molecule has 5 rings (SSSR count). The van der Waals surface area contributed by atoms with Crippen LogP contribution in [0.5, 0.6) is 0 Å². The Morgan fingerprint density at radius 3 is 2.52 bits per heavy atom. The molecule has 0 saturated carbocycles. The van der Waals surface area contributed by atoms with Crippen molar-refractivity contribution in [3.05, 3.63) is 79.0 Å². The molecule has 0 bridgehead atoms. The standard InChI is InChI=1S/C20H13N3/c1-3-9-17-14(6-1)11-12-19(22-17)23-18-10-4-2-7-15(18)16-8-5-13-21-20(16)23/h1-13H. The first-order valence-corrected chi connectivity index (χ1v) is 7.62. The molecular formula is C20H13N3. The first-order valence-electron chi connectivity index (χ1n) is 7.62. The van der Waals surface area contributed by atoms with Gasteiger partial charge in [-0.15, -0.1) is 0 Å². The SMILES string of the molecule is c1ccc2nc(-n3c4ccccc4c4cccnc43)ccc2c1. The molecule has 2 aromatic carbocycles. The smallest absolute Gasteiger partial charge is 0.146 e. The van der Waals surface area contributed by atoms with E-state index in [9.17, 15) is 0 Å². The van der Waals surface area contributed by atoms with Crippen LogP contribution in [0.4, 0.5) is 0 Å². The Morgan fingerprint density at radius 2 is 1.52 bits per heavy atom. The first kappa shape index (κ1) is 12.4. The molecule has 5 aromatic rings. The summed E-state index contributed by atoms with van der Waals surface area (Å²) in [7, 11) is 0. The minimum Gasteiger partial charge on any atom is -0.278 e. The molecule has 0 unspecified atom stereocenters. The van der Waals surface area contributed by atoms with Crippen LogP contribution in [0.2, 0.25) is 0 Å². The monoisotopic (exact) mass is 295 g/mol. The lowest BCUT2D eigenvalue weighted by Crippen LogP contribution is -1.98. The zero-order chi connectivity index (χ0) is 15.2. The van der Waals surface area contributed by atoms with Crippen LogP contribution in [0.3, 0.4) is 0 Å². The van der Waals surface area contributed by atoms with Crippen LogP contribution in [0.15, 0.2) is 79.0 Å². The van der Waals surface area contributed by atoms with E-state index in [2.05, 4.69) is 58.1 Å². The number of para-hydroxylation sites is 2. The molecule has 3 aromatic heterocycles. The van der Waals surface area contributed by atoms with Gasteiger partial charge in [0.1, 0.15) is 11.5 Å². The molecule has 0 aliphatic rings. The second-order valence-corrected chi connectivity index (χ2v) is 5.59. The molecule has 0 radical (unpaired) electrons. The Balaban J connectivity index is 1.93. The van der Waals surface area contributed by atoms with Gasteiger partial charge in [-0.25, -0.2) is 9.97 Å². The van der Waals surface area contributed by atoms with E-state index in [4.69, 9.17) is 4.98 Å². The molecule has 0 atom stereocenters. The number of pyridine rings is 2. The van der Waals surface area contributed by atoms with Gasteiger partial charge in [0.05, 0.1) is 11.0 Å². The van der Waals surface area contributed by atoms with E-state index in [1.165, 1.54) is 5.39 Å². The van der Waals surface area contributed by atoms with E-state index >= 15 is 0 Å². The van der Waals surface area contributed by atoms with Crippen LogP contribution in [-0.2, 0) is 0 Å². The highest BCUT2D eigenvalue weighted by atomic mass is 15.1. The lowest BCUT2D eigenvalue weighted by Gasteiger charge is -2.07. The summed E-state index contributed by atoms with van der Waals surface area (Å²) in [6.45, 7) is 0. The van der Waals surface area contributed by atoms with E-state index < -0.39 is 0 Å². The molecule has 23 heavy (non-hydrogen) atoms. The van der Waals surface area contributed by atoms with E-state index in [1.807, 2.05) is 30.5 Å². The van der Waals surface area contributed by atoms with Crippen LogP contribution in [-0.4, -0.2) is 14.5 Å². The lowest BCUT2D eigenvalue weighted by molar-refractivity contribution is 1.07. The maximum atomic E-state index is 4.84. The number of rotatable bonds is 1. The van der Waals surface area contributed by atoms with Gasteiger partial charge >= 0.3 is 0 Å². The van der Waals surface area contributed by atoms with E-state index in [0.29, 0.717) is 0 Å². The minimum atomic E-state index is 0.897. The Bertz CT molecular complexity index is 1120. The molecular weight excluding hydrogens is 282 g/mol. The number of nitrogens with zero attached hydrogens (tertiary/aromatic N) is 3. The van der Waals surface area contributed by atoms with E-state index in [-0.39, 0.29) is 0 Å². The van der Waals surface area contributed by atoms with Gasteiger partial charge < -0.3 is 0 Å². The van der Waals surface area contributed by atoms with Crippen molar-refractivity contribution in [1.29, 1.82) is 0 Å². The molecule has 0 amide bonds. The number of hydrogen-bond acceptors (Lipinski definition) is 2. The Kier molecular flexibility index (Phi) is 2.50. The molecule has 0 saturated heterocycles. The van der Waals surface area contributed by atoms with Crippen LogP contribution in [0.25, 0.3) is 38.7 Å². The fourth-order valence-corrected chi connectivity index (χ4v) is 3.21. The molecule has 3 nitrogen and oxygen atoms in total. The number of benzene rings is 2. The van der Waals surface area contributed by atoms with Gasteiger partial charge in [0.15, 0.2) is 0 Å². The molecule has 0 spiro atoms. The van der Waals surface area contributed by atoms with Crippen LogP contribution >= 0.6 is 0 Å². The molecule has 3 heterocycles. The third-order valence-corrected chi connectivity index (χ3v) is 4.25. The van der Waals surface area contributed by atoms with Gasteiger partial charge in [-0.2, -0.15) is 0 Å². The second kappa shape index (κ2) is 4.65. The summed E-state index contributed by atoms with van der Waals surface area (Å²) in [6, 6.07) is 24.8. The third kappa shape index (κ3) is 1.77. The largest absolute Gasteiger partial charge is 0.278 e. The number of hydrogen-bond donors (Lipinski definition) is 0. The minimum absolute atomic E-state index is 0.897. The summed E-state index contributed by atoms with van der Waals surface area (Å²) in [5.41, 5.74) is 3.06. The predicted octanol–water partition coefficient (Wildman–Crippen LogP) is 4.73. The van der Waals surface area contributed by atoms with Crippen molar-refractivity contribution < 1.29 is 0 Å². The van der Waals surface area contributed by atoms with Gasteiger partial charge in [-0.05, 0) is 36.4 Å². The molecule has 0 N–H and O–H groups in total. The third-order valence-electron chi connectivity index (χ3n) is 4.25. The first-order chi connectivity index (χ1) is 11.4. The predicted molar refractivity (Wildman–Crippen MR) is 93.9 cm³/mol. The maximum Gasteiger partial charge on any atom is 0.146 e. The summed E-state index contributed by atoms with van der Waals surface area (Å²) in [4.78, 5) is 9.44. The van der Waals surface area contributed by atoms with Crippen molar-refractivity contribution in [3.63, 3.8) is 0 Å². The summed E-state index contributed by atoms with van der Waals surface area (Å²) in [5.74, 6) is 0.897. The fraction of sp³-hybridized carbons (Fsp3) is 0. The number of fused-ring (bicyclic) bond motifs is 4. The molecule has 0 fully saturated rings. The second-order valence-electron chi connectivity index (χ2n) is 5.59. The summed E-state index contributed by atoms with van der Waals surface area (Å²) in [6.07, 6.45) is 1.83. The molecule has 0 aliphatic heterocycles. The lowest BCUT2D eigenvalue weighted by atomic mass is 10.2. The van der Waals surface area contributed by atoms with E-state index in [1.54, 1.807) is 0 Å². The Morgan fingerprint density at radius 1 is 0.696 bits per heavy atom. The van der Waals surface area contributed by atoms with Crippen molar-refractivity contribution in [1.82, 2.24) is 14.5 Å². The average Bonchev–Trinajstić information content (AvgIpc) is 2.96. The van der Waals surface area contributed by atoms with Gasteiger partial charge in [0.2, 0.25) is 0 Å². The molecule has 3 heteroatoms. The zero-order valence-electron chi connectivity index (χ0n) is 12.3. The van der Waals surface area contributed by atoms with Crippen LogP contribution in [0, 0.1) is 0 Å². The van der Waals surface area contributed by atoms with Crippen molar-refractivity contribution in [2.75, 3.05) is 0 Å². The van der Waals surface area contributed by atoms with Gasteiger partial charge in [0.25, 0.3) is 0 Å². The van der Waals surface area contributed by atoms with Crippen molar-refractivity contribution in [2.24, 2.45) is 0 Å². The highest BCUT2D eigenvalue weighted by Crippen LogP contribution is 2.30. The Hall–Kier alpha value is -3.20. The van der Waals surface area contributed by atoms with Crippen molar-refractivity contribution in [3.8, 4) is 5.82 Å². The van der Waals surface area contributed by atoms with E-state index in [0.717, 1.165) is 33.3 Å². The van der Waals surface area contributed by atoms with Gasteiger partial charge in [-0.1, -0.05) is 36.4 Å². The van der Waals surface area contributed by atoms with Crippen LogP contribution in [0.1, 0.15) is 0 Å². The summed E-state index contributed by atoms with van der Waals surface area (Å²) < 4.78 is 2.14. The maximum absolute atomic E-state index is 4.84. The van der Waals surface area contributed by atoms with Crippen molar-refractivity contribution in [2.45, 2.75) is 0 Å². The van der Waals surface area contributed by atoms with Crippen molar-refractivity contribution >= 4 is 32.8 Å². The summed E-state index contributed by atoms with van der Waals surface area (Å²) in [5, 5.41) is 3.49.